The van der Waals surface area contributed by atoms with E-state index in [9.17, 15) is 13.6 Å². The van der Waals surface area contributed by atoms with E-state index in [4.69, 9.17) is 114 Å². The van der Waals surface area contributed by atoms with Crippen LogP contribution in [0.15, 0.2) is 146 Å². The number of halogens is 5. The predicted molar refractivity (Wildman–Crippen MR) is 539 cm³/mol. The lowest BCUT2D eigenvalue weighted by atomic mass is 9.90. The molecule has 21 rings (SSSR count). The minimum atomic E-state index is -2.66. The molecule has 734 valence electrons. The van der Waals surface area contributed by atoms with E-state index in [0.717, 1.165) is 192 Å². The number of nitrogens with zero attached hydrogens (tertiary/aromatic N) is 23. The number of fused-ring (bicyclic) bond motifs is 6. The first kappa shape index (κ1) is 104. The Labute approximate surface area is 816 Å². The van der Waals surface area contributed by atoms with Crippen molar-refractivity contribution >= 4 is 116 Å². The highest BCUT2D eigenvalue weighted by Gasteiger charge is 2.38. The number of H-pyrrole nitrogens is 2. The molecule has 0 amide bonds. The monoisotopic (exact) mass is 1950 g/mol. The summed E-state index contributed by atoms with van der Waals surface area (Å²) in [6, 6.07) is 17.2. The highest BCUT2D eigenvalue weighted by molar-refractivity contribution is 6.34. The third kappa shape index (κ3) is 24.2. The summed E-state index contributed by atoms with van der Waals surface area (Å²) >= 11 is 18.2. The van der Waals surface area contributed by atoms with Gasteiger partial charge >= 0.3 is 0 Å². The van der Waals surface area contributed by atoms with Gasteiger partial charge in [0.05, 0.1) is 98.4 Å². The van der Waals surface area contributed by atoms with Crippen molar-refractivity contribution in [1.29, 1.82) is 0 Å². The number of rotatable bonds is 13. The summed E-state index contributed by atoms with van der Waals surface area (Å²) in [5.41, 5.74) is 50.3. The lowest BCUT2D eigenvalue weighted by molar-refractivity contribution is 0.145. The van der Waals surface area contributed by atoms with Crippen molar-refractivity contribution in [3.63, 3.8) is 0 Å². The normalized spacial score (nSPS) is 18.3. The van der Waals surface area contributed by atoms with Gasteiger partial charge < -0.3 is 98.3 Å². The van der Waals surface area contributed by atoms with Crippen molar-refractivity contribution in [3.8, 4) is 23.1 Å². The molecule has 5 saturated heterocycles. The molecule has 0 aliphatic carbocycles. The van der Waals surface area contributed by atoms with Crippen LogP contribution in [0.5, 0.6) is 23.1 Å². The number of alkyl halides is 2. The van der Waals surface area contributed by atoms with E-state index in [2.05, 4.69) is 162 Å². The second kappa shape index (κ2) is 43.8. The predicted octanol–water partition coefficient (Wildman–Crippen LogP) is 13.3. The van der Waals surface area contributed by atoms with Gasteiger partial charge in [0.2, 0.25) is 35.4 Å². The van der Waals surface area contributed by atoms with Crippen LogP contribution in [0.2, 0.25) is 15.1 Å². The number of nitrogens with one attached hydrogen (secondary N) is 2. The van der Waals surface area contributed by atoms with Crippen LogP contribution in [0.3, 0.4) is 0 Å². The number of piperidine rings is 4. The molecule has 10 aliphatic heterocycles. The SMILES string of the molecule is C.C.C.C.C.CC1(CN)CCN(c2cnc3c(n2)CN=C3Oc2ccnc(N)c2Cl)C1.CC1(N)CCN(c2cnc3c(n2)CN=C3OCc2cccc3[nH]ccc23)CC1.CC1(N)CCN(c2cnc3c(n2)CN=C3Oc2cc(N)ncc2Cl)CC1.CC1(N)CCN(c2cnc3c(n2)CN=C3Oc2cc[nH]c(=O)c2Cl)CC1.CC1(N)CCN(c2cnc3c(n2)CN=C3Oc2cccc(C(F)F)n2)CC1. The molecule has 1 unspecified atom stereocenters. The average molecular weight is 1950 g/mol. The molecule has 1 atom stereocenters. The molecule has 0 radical (unpaired) electrons. The summed E-state index contributed by atoms with van der Waals surface area (Å²) < 4.78 is 54.4. The molecule has 43 heteroatoms. The van der Waals surface area contributed by atoms with Crippen molar-refractivity contribution in [2.24, 2.45) is 59.0 Å². The van der Waals surface area contributed by atoms with Gasteiger partial charge in [-0.3, -0.25) is 4.79 Å². The molecule has 11 aromatic rings. The second-order valence-electron chi connectivity index (χ2n) is 35.8. The maximum absolute atomic E-state index is 12.8. The van der Waals surface area contributed by atoms with Crippen LogP contribution in [0.4, 0.5) is 49.5 Å². The van der Waals surface area contributed by atoms with Crippen LogP contribution >= 0.6 is 34.8 Å². The number of hydrogen-bond acceptors (Lipinski definition) is 36. The Kier molecular flexibility index (Phi) is 33.0. The average Bonchev–Trinajstić information content (AvgIpc) is 1.66. The molecule has 1 aromatic carbocycles. The van der Waals surface area contributed by atoms with E-state index in [1.807, 2.05) is 18.5 Å². The lowest BCUT2D eigenvalue weighted by Crippen LogP contribution is -2.48. The quantitative estimate of drug-likeness (QED) is 0.0517. The Bertz CT molecular complexity index is 6380. The molecule has 10 aliphatic rings. The van der Waals surface area contributed by atoms with Gasteiger partial charge in [0, 0.05) is 135 Å². The maximum Gasteiger partial charge on any atom is 0.280 e. The number of hydrogen-bond donors (Lipinski definition) is 9. The maximum atomic E-state index is 12.8. The van der Waals surface area contributed by atoms with Gasteiger partial charge in [0.15, 0.2) is 17.2 Å². The zero-order valence-corrected chi connectivity index (χ0v) is 76.4. The van der Waals surface area contributed by atoms with Gasteiger partial charge in [0.25, 0.3) is 12.0 Å². The highest BCUT2D eigenvalue weighted by atomic mass is 35.5. The molecule has 38 nitrogen and oxygen atoms in total. The number of aromatic nitrogens is 15. The molecule has 0 saturated carbocycles. The third-order valence-electron chi connectivity index (χ3n) is 24.8. The molecular formula is C95H123Cl3F2N32O6. The van der Waals surface area contributed by atoms with Crippen molar-refractivity contribution in [2.75, 3.05) is 108 Å². The first-order valence-electron chi connectivity index (χ1n) is 43.8. The Morgan fingerprint density at radius 1 is 0.435 bits per heavy atom. The van der Waals surface area contributed by atoms with E-state index in [0.29, 0.717) is 120 Å². The van der Waals surface area contributed by atoms with Crippen molar-refractivity contribution in [3.05, 3.63) is 210 Å². The fourth-order valence-electron chi connectivity index (χ4n) is 16.2. The van der Waals surface area contributed by atoms with Gasteiger partial charge in [-0.25, -0.2) is 98.5 Å². The number of pyridine rings is 4. The number of ether oxygens (including phenoxy) is 5. The number of aliphatic imine (C=N–C) groups is 5. The van der Waals surface area contributed by atoms with Crippen LogP contribution in [0, 0.1) is 5.41 Å². The molecule has 0 spiro atoms. The van der Waals surface area contributed by atoms with E-state index in [1.165, 1.54) is 42.2 Å². The number of nitrogens with two attached hydrogens (primary N) is 7. The Morgan fingerprint density at radius 3 is 1.26 bits per heavy atom. The summed E-state index contributed by atoms with van der Waals surface area (Å²) in [4.78, 5) is 108. The first-order valence-corrected chi connectivity index (χ1v) is 44.9. The summed E-state index contributed by atoms with van der Waals surface area (Å²) in [5, 5.41) is 1.76. The molecule has 0 bridgehead atoms. The van der Waals surface area contributed by atoms with Crippen molar-refractivity contribution < 1.29 is 32.5 Å². The van der Waals surface area contributed by atoms with E-state index in [-0.39, 0.29) is 104 Å². The largest absolute Gasteiger partial charge is 0.471 e. The van der Waals surface area contributed by atoms with Crippen LogP contribution < -0.4 is 89.1 Å². The molecule has 5 fully saturated rings. The number of anilines is 7. The lowest BCUT2D eigenvalue weighted by Gasteiger charge is -2.37. The minimum Gasteiger partial charge on any atom is -0.471 e. The molecule has 16 N–H and O–H groups in total. The van der Waals surface area contributed by atoms with Gasteiger partial charge in [-0.15, -0.1) is 0 Å². The zero-order chi connectivity index (χ0) is 93.1. The van der Waals surface area contributed by atoms with Gasteiger partial charge in [0.1, 0.15) is 96.6 Å². The molecule has 138 heavy (non-hydrogen) atoms. The smallest absolute Gasteiger partial charge is 0.280 e. The van der Waals surface area contributed by atoms with Crippen LogP contribution in [0.25, 0.3) is 10.9 Å². The second-order valence-corrected chi connectivity index (χ2v) is 36.9. The van der Waals surface area contributed by atoms with Crippen molar-refractivity contribution in [2.45, 2.75) is 197 Å². The number of nitrogen functional groups attached to an aromatic ring is 2. The highest BCUT2D eigenvalue weighted by Crippen LogP contribution is 2.38. The molecule has 20 heterocycles. The van der Waals surface area contributed by atoms with E-state index >= 15 is 0 Å². The van der Waals surface area contributed by atoms with Crippen LogP contribution in [-0.2, 0) is 44.1 Å². The number of benzene rings is 1. The third-order valence-corrected chi connectivity index (χ3v) is 25.8. The van der Waals surface area contributed by atoms with Crippen LogP contribution in [0.1, 0.15) is 204 Å². The van der Waals surface area contributed by atoms with Crippen LogP contribution in [-0.4, -0.2) is 198 Å². The number of aromatic amines is 2. The summed E-state index contributed by atoms with van der Waals surface area (Å²) in [6.45, 7) is 22.5. The minimum absolute atomic E-state index is 0. The van der Waals surface area contributed by atoms with Gasteiger partial charge in [-0.2, -0.15) is 0 Å². The summed E-state index contributed by atoms with van der Waals surface area (Å²) in [7, 11) is 0. The Hall–Kier alpha value is -13.0. The fourth-order valence-corrected chi connectivity index (χ4v) is 16.7. The Morgan fingerprint density at radius 2 is 0.826 bits per heavy atom. The topological polar surface area (TPSA) is 523 Å². The van der Waals surface area contributed by atoms with Gasteiger partial charge in [-0.05, 0) is 127 Å². The molecule has 10 aromatic heterocycles. The summed E-state index contributed by atoms with van der Waals surface area (Å²) in [6.07, 6.45) is 20.9. The van der Waals surface area contributed by atoms with E-state index in [1.54, 1.807) is 43.0 Å². The standard InChI is InChI=1S/C21H24N6O.C18H20F2N6O.2C17H20ClN7O.C17H19ClN6O2.5CH4/c1-21(22)6-9-27(10-7-21)18-12-24-19-17(26-18)11-25-20(19)28-13-14-3-2-4-16-15(14)5-8-23-16;1-18(21)5-7-26(8-6-18)13-10-22-15-12(24-13)9-23-17(15)27-14-4-2-3-11(25-14)16(19)20;1-17(20)2-4-25(5-3-17)14-9-22-15-11(24-14)8-23-16(15)26-12-6-13(19)21-7-10(12)18;1-17(8-19)3-5-25(9-17)12-7-22-14-10(24-12)6-23-16(14)26-11-2-4-21-15(20)13(11)18;1-17(19)3-6-24(7-4-17)12-9-21-14-10(23-12)8-22-16(14)26-11-2-5-20-15(25)13(11)18;;;;;/h2-5,8,12,23H,6-7,9-11,13,22H2,1H3;2-4,10,16H,5-9,21H2,1H3;6-7,9H,2-5,8,20H2,1H3,(H2,19,21);2,4,7H,3,5-6,8-9,19H2,1H3,(H2,20,21);2,5,9H,3-4,6-8,19H2,1H3,(H,20,25);5*1H4. The Balaban J connectivity index is 0.000000153. The fraction of sp³-hybridized carbons (Fsp3) is 0.442. The first-order chi connectivity index (χ1) is 63.8. The van der Waals surface area contributed by atoms with Crippen molar-refractivity contribution in [1.82, 2.24) is 74.8 Å². The van der Waals surface area contributed by atoms with Gasteiger partial charge in [-0.1, -0.05) is 97.1 Å². The van der Waals surface area contributed by atoms with E-state index < -0.39 is 12.0 Å². The zero-order valence-electron chi connectivity index (χ0n) is 74.1. The summed E-state index contributed by atoms with van der Waals surface area (Å²) in [5.74, 6) is 7.77. The molecular weight excluding hydrogens is 1830 g/mol.